The van der Waals surface area contributed by atoms with Gasteiger partial charge in [-0.1, -0.05) is 23.1 Å². The van der Waals surface area contributed by atoms with E-state index in [1.54, 1.807) is 23.1 Å². The van der Waals surface area contributed by atoms with Gasteiger partial charge in [0, 0.05) is 26.2 Å². The van der Waals surface area contributed by atoms with Gasteiger partial charge in [-0.3, -0.25) is 4.90 Å². The van der Waals surface area contributed by atoms with Gasteiger partial charge in [-0.25, -0.2) is 0 Å². The van der Waals surface area contributed by atoms with Gasteiger partial charge in [-0.2, -0.15) is 0 Å². The van der Waals surface area contributed by atoms with Crippen LogP contribution in [0.2, 0.25) is 0 Å². The number of aromatic nitrogens is 2. The van der Waals surface area contributed by atoms with Crippen LogP contribution in [-0.4, -0.2) is 59.1 Å². The van der Waals surface area contributed by atoms with Gasteiger partial charge in [0.15, 0.2) is 4.34 Å². The standard InChI is InChI=1S/C9H16N4S2/c1-8-10-11-9(15-8)14-7-13-5-3-12(2)4-6-13/h3-7H2,1-2H3. The second-order valence-corrected chi connectivity index (χ2v) is 6.16. The van der Waals surface area contributed by atoms with Gasteiger partial charge >= 0.3 is 0 Å². The summed E-state index contributed by atoms with van der Waals surface area (Å²) in [6.45, 7) is 6.69. The molecule has 0 radical (unpaired) electrons. The molecule has 0 amide bonds. The lowest BCUT2D eigenvalue weighted by Crippen LogP contribution is -2.44. The van der Waals surface area contributed by atoms with E-state index in [9.17, 15) is 0 Å². The highest BCUT2D eigenvalue weighted by Crippen LogP contribution is 2.22. The Kier molecular flexibility index (Phi) is 3.96. The summed E-state index contributed by atoms with van der Waals surface area (Å²) in [4.78, 5) is 4.84. The van der Waals surface area contributed by atoms with Gasteiger partial charge in [0.05, 0.1) is 5.88 Å². The molecular weight excluding hydrogens is 228 g/mol. The third-order valence-corrected chi connectivity index (χ3v) is 4.53. The first-order valence-electron chi connectivity index (χ1n) is 5.08. The third-order valence-electron chi connectivity index (χ3n) is 2.47. The van der Waals surface area contributed by atoms with Crippen molar-refractivity contribution in [3.05, 3.63) is 5.01 Å². The topological polar surface area (TPSA) is 32.3 Å². The van der Waals surface area contributed by atoms with Gasteiger partial charge in [-0.15, -0.1) is 10.2 Å². The molecule has 0 spiro atoms. The molecule has 1 aromatic rings. The Hall–Kier alpha value is -0.170. The minimum atomic E-state index is 1.04. The lowest BCUT2D eigenvalue weighted by molar-refractivity contribution is 0.175. The first-order valence-corrected chi connectivity index (χ1v) is 6.88. The van der Waals surface area contributed by atoms with Gasteiger partial charge in [0.25, 0.3) is 0 Å². The molecule has 0 aliphatic carbocycles. The molecule has 1 aliphatic heterocycles. The maximum Gasteiger partial charge on any atom is 0.175 e. The van der Waals surface area contributed by atoms with Crippen LogP contribution in [0.3, 0.4) is 0 Å². The first-order chi connectivity index (χ1) is 7.24. The summed E-state index contributed by atoms with van der Waals surface area (Å²) in [6.07, 6.45) is 0. The fraction of sp³-hybridized carbons (Fsp3) is 0.778. The van der Waals surface area contributed by atoms with Crippen molar-refractivity contribution in [2.75, 3.05) is 39.1 Å². The zero-order chi connectivity index (χ0) is 10.7. The van der Waals surface area contributed by atoms with E-state index in [1.165, 1.54) is 26.2 Å². The van der Waals surface area contributed by atoms with Crippen molar-refractivity contribution in [1.29, 1.82) is 0 Å². The Morgan fingerprint density at radius 3 is 2.60 bits per heavy atom. The summed E-state index contributed by atoms with van der Waals surface area (Å²) < 4.78 is 1.09. The van der Waals surface area contributed by atoms with Crippen molar-refractivity contribution < 1.29 is 0 Å². The number of nitrogens with zero attached hydrogens (tertiary/aromatic N) is 4. The first kappa shape index (κ1) is 11.3. The van der Waals surface area contributed by atoms with Crippen molar-refractivity contribution in [3.8, 4) is 0 Å². The number of thioether (sulfide) groups is 1. The highest BCUT2D eigenvalue weighted by atomic mass is 32.2. The molecule has 2 heterocycles. The van der Waals surface area contributed by atoms with E-state index >= 15 is 0 Å². The highest BCUT2D eigenvalue weighted by molar-refractivity contribution is 8.00. The summed E-state index contributed by atoms with van der Waals surface area (Å²) >= 11 is 3.48. The van der Waals surface area contributed by atoms with Gasteiger partial charge in [0.2, 0.25) is 0 Å². The Balaban J connectivity index is 1.74. The molecule has 0 unspecified atom stereocenters. The lowest BCUT2D eigenvalue weighted by atomic mass is 10.4. The number of hydrogen-bond acceptors (Lipinski definition) is 6. The summed E-state index contributed by atoms with van der Waals surface area (Å²) in [5, 5.41) is 9.17. The van der Waals surface area contributed by atoms with Crippen molar-refractivity contribution in [2.24, 2.45) is 0 Å². The van der Waals surface area contributed by atoms with Crippen molar-refractivity contribution in [2.45, 2.75) is 11.3 Å². The lowest BCUT2D eigenvalue weighted by Gasteiger charge is -2.31. The van der Waals surface area contributed by atoms with E-state index in [1.807, 2.05) is 6.92 Å². The normalized spacial score (nSPS) is 19.6. The smallest absolute Gasteiger partial charge is 0.175 e. The molecule has 1 saturated heterocycles. The van der Waals surface area contributed by atoms with E-state index in [0.29, 0.717) is 0 Å². The van der Waals surface area contributed by atoms with Crippen molar-refractivity contribution in [3.63, 3.8) is 0 Å². The van der Waals surface area contributed by atoms with Crippen LogP contribution in [0.5, 0.6) is 0 Å². The monoisotopic (exact) mass is 244 g/mol. The molecule has 2 rings (SSSR count). The molecule has 15 heavy (non-hydrogen) atoms. The largest absolute Gasteiger partial charge is 0.304 e. The summed E-state index contributed by atoms with van der Waals surface area (Å²) in [7, 11) is 2.18. The summed E-state index contributed by atoms with van der Waals surface area (Å²) in [6, 6.07) is 0. The molecule has 1 aliphatic rings. The molecule has 1 fully saturated rings. The molecule has 0 N–H and O–H groups in total. The van der Waals surface area contributed by atoms with Gasteiger partial charge in [-0.05, 0) is 14.0 Å². The molecule has 0 bridgehead atoms. The molecule has 1 aromatic heterocycles. The maximum atomic E-state index is 4.11. The average molecular weight is 244 g/mol. The SMILES string of the molecule is Cc1nnc(SCN2CCN(C)CC2)s1. The van der Waals surface area contributed by atoms with Crippen molar-refractivity contribution in [1.82, 2.24) is 20.0 Å². The summed E-state index contributed by atoms with van der Waals surface area (Å²) in [5.41, 5.74) is 0. The summed E-state index contributed by atoms with van der Waals surface area (Å²) in [5.74, 6) is 1.04. The van der Waals surface area contributed by atoms with E-state index in [0.717, 1.165) is 15.2 Å². The molecular formula is C9H16N4S2. The fourth-order valence-corrected chi connectivity index (χ4v) is 3.28. The van der Waals surface area contributed by atoms with Crippen molar-refractivity contribution >= 4 is 23.1 Å². The Labute approximate surface area is 98.7 Å². The zero-order valence-electron chi connectivity index (χ0n) is 9.14. The number of rotatable bonds is 3. The molecule has 0 aromatic carbocycles. The van der Waals surface area contributed by atoms with E-state index in [2.05, 4.69) is 27.0 Å². The van der Waals surface area contributed by atoms with E-state index < -0.39 is 0 Å². The number of hydrogen-bond donors (Lipinski definition) is 0. The van der Waals surface area contributed by atoms with Gasteiger partial charge < -0.3 is 4.90 Å². The Morgan fingerprint density at radius 1 is 1.27 bits per heavy atom. The van der Waals surface area contributed by atoms with Crippen LogP contribution in [0.15, 0.2) is 4.34 Å². The van der Waals surface area contributed by atoms with Crippen LogP contribution >= 0.6 is 23.1 Å². The van der Waals surface area contributed by atoms with Crippen LogP contribution in [0, 0.1) is 6.92 Å². The van der Waals surface area contributed by atoms with E-state index in [4.69, 9.17) is 0 Å². The minimum absolute atomic E-state index is 1.04. The molecule has 84 valence electrons. The predicted molar refractivity (Wildman–Crippen MR) is 64.4 cm³/mol. The zero-order valence-corrected chi connectivity index (χ0v) is 10.8. The Bertz CT molecular complexity index is 307. The fourth-order valence-electron chi connectivity index (χ4n) is 1.46. The molecule has 0 saturated carbocycles. The van der Waals surface area contributed by atoms with Gasteiger partial charge in [0.1, 0.15) is 5.01 Å². The number of aryl methyl sites for hydroxylation is 1. The predicted octanol–water partition coefficient (Wildman–Crippen LogP) is 1.14. The van der Waals surface area contributed by atoms with Crippen LogP contribution in [0.4, 0.5) is 0 Å². The average Bonchev–Trinajstić information content (AvgIpc) is 2.64. The molecule has 0 atom stereocenters. The van der Waals surface area contributed by atoms with Crippen LogP contribution in [-0.2, 0) is 0 Å². The third kappa shape index (κ3) is 3.41. The second kappa shape index (κ2) is 5.25. The van der Waals surface area contributed by atoms with Crippen LogP contribution in [0.1, 0.15) is 5.01 Å². The maximum absolute atomic E-state index is 4.11. The number of likely N-dealkylation sites (N-methyl/N-ethyl adjacent to an activating group) is 1. The number of piperazine rings is 1. The van der Waals surface area contributed by atoms with Crippen LogP contribution in [0.25, 0.3) is 0 Å². The highest BCUT2D eigenvalue weighted by Gasteiger charge is 2.14. The Morgan fingerprint density at radius 2 is 2.00 bits per heavy atom. The minimum Gasteiger partial charge on any atom is -0.304 e. The van der Waals surface area contributed by atoms with E-state index in [-0.39, 0.29) is 0 Å². The quantitative estimate of drug-likeness (QED) is 0.745. The molecule has 6 heteroatoms. The van der Waals surface area contributed by atoms with Crippen LogP contribution < -0.4 is 0 Å². The second-order valence-electron chi connectivity index (χ2n) is 3.78. The molecule has 4 nitrogen and oxygen atoms in total.